The Morgan fingerprint density at radius 3 is 0.594 bits per heavy atom. The van der Waals surface area contributed by atoms with E-state index < -0.39 is 46.0 Å². The number of fused-ring (bicyclic) bond motifs is 8. The van der Waals surface area contributed by atoms with Crippen molar-refractivity contribution in [3.05, 3.63) is 70.8 Å². The lowest BCUT2D eigenvalue weighted by molar-refractivity contribution is 0.197. The van der Waals surface area contributed by atoms with Gasteiger partial charge in [-0.15, -0.1) is 0 Å². The van der Waals surface area contributed by atoms with E-state index in [9.17, 15) is 19.2 Å². The Labute approximate surface area is 390 Å². The predicted molar refractivity (Wildman–Crippen MR) is 250 cm³/mol. The molecule has 4 aromatic carbocycles. The molecule has 0 radical (unpaired) electrons. The molecule has 1 aliphatic heterocycles. The molecule has 0 aromatic heterocycles. The highest BCUT2D eigenvalue weighted by Crippen LogP contribution is 2.56. The number of hydrogen-bond donors (Lipinski definition) is 8. The van der Waals surface area contributed by atoms with Crippen LogP contribution in [0.25, 0.3) is 0 Å². The Hall–Kier alpha value is -4.80. The molecule has 4 aromatic rings. The average Bonchev–Trinajstić information content (AvgIpc) is 3.19. The number of amides is 4. The first kappa shape index (κ1) is 50.2. The highest BCUT2D eigenvalue weighted by molar-refractivity contribution is 8.01. The molecule has 1 aliphatic rings. The lowest BCUT2D eigenvalue weighted by Crippen LogP contribution is -2.33. The minimum atomic E-state index is -0.957. The van der Waals surface area contributed by atoms with Gasteiger partial charge < -0.3 is 18.9 Å². The minimum absolute atomic E-state index is 0.107. The minimum Gasteiger partial charge on any atom is -0.407 e. The third-order valence-electron chi connectivity index (χ3n) is 9.68. The van der Waals surface area contributed by atoms with Crippen molar-refractivity contribution in [2.75, 3.05) is 0 Å². The van der Waals surface area contributed by atoms with Gasteiger partial charge in [0.25, 0.3) is 0 Å². The molecule has 0 aliphatic carbocycles. The zero-order valence-electron chi connectivity index (χ0n) is 37.8. The van der Waals surface area contributed by atoms with Crippen LogP contribution in [0.4, 0.5) is 19.2 Å². The van der Waals surface area contributed by atoms with Gasteiger partial charge in [0.05, 0.1) is 39.2 Å². The molecular formula is C44H56N8O8S4. The summed E-state index contributed by atoms with van der Waals surface area (Å²) in [5.74, 6) is 22.9. The maximum Gasteiger partial charge on any atom is 0.426 e. The van der Waals surface area contributed by atoms with Crippen molar-refractivity contribution in [3.63, 3.8) is 0 Å². The topological polar surface area (TPSA) is 257 Å². The molecule has 16 nitrogen and oxygen atoms in total. The van der Waals surface area contributed by atoms with Crippen molar-refractivity contribution in [2.45, 2.75) is 144 Å². The second kappa shape index (κ2) is 19.4. The van der Waals surface area contributed by atoms with Crippen molar-refractivity contribution in [2.24, 2.45) is 23.4 Å². The molecule has 5 rings (SSSR count). The van der Waals surface area contributed by atoms with Crippen molar-refractivity contribution in [3.8, 4) is 23.0 Å². The number of nitrogens with two attached hydrogens (primary N) is 4. The molecule has 1 heterocycles. The maximum absolute atomic E-state index is 13.2. The summed E-state index contributed by atoms with van der Waals surface area (Å²) in [6.45, 7) is 24.5. The predicted octanol–water partition coefficient (Wildman–Crippen LogP) is 9.64. The fraction of sp³-hybridized carbons (Fsp3) is 0.364. The zero-order valence-corrected chi connectivity index (χ0v) is 41.1. The molecule has 20 heteroatoms. The number of nitrogens with one attached hydrogen (secondary N) is 4. The summed E-state index contributed by atoms with van der Waals surface area (Å²) in [5.41, 5.74) is 9.80. The van der Waals surface area contributed by atoms with Crippen LogP contribution in [0.1, 0.15) is 105 Å². The van der Waals surface area contributed by atoms with Gasteiger partial charge >= 0.3 is 24.4 Å². The summed E-state index contributed by atoms with van der Waals surface area (Å²) in [6.07, 6.45) is -3.83. The Bertz CT molecular complexity index is 2060. The highest BCUT2D eigenvalue weighted by atomic mass is 32.2. The van der Waals surface area contributed by atoms with E-state index >= 15 is 0 Å². The quantitative estimate of drug-likeness (QED) is 0.0474. The van der Waals surface area contributed by atoms with Crippen LogP contribution in [0.3, 0.4) is 0 Å². The Morgan fingerprint density at radius 1 is 0.344 bits per heavy atom. The third kappa shape index (κ3) is 11.9. The number of benzene rings is 4. The standard InChI is InChI=1S/C44H56N8O8S4/c1-41(2,3)21-13-25-33(57-37(53)49-45)26(14-21)62-28-16-23(43(7,8)9)18-30(35(28)59-39(55)51-47)64-32-20-24(44(10,11)12)19-31(36(32)60-40(56)52-48)63-29-17-22(42(4,5)6)15-27(61-25)34(29)58-38(54)50-46/h13-20H,45-48H2,1-12H3,(H,49,53)(H,50,54)(H,51,55)(H,52,56). The number of rotatable bonds is 4. The first-order valence-electron chi connectivity index (χ1n) is 19.9. The molecule has 8 bridgehead atoms. The van der Waals surface area contributed by atoms with Crippen LogP contribution in [-0.4, -0.2) is 24.4 Å². The molecule has 4 amide bonds. The van der Waals surface area contributed by atoms with E-state index in [1.807, 2.05) is 132 Å². The lowest BCUT2D eigenvalue weighted by Gasteiger charge is -2.27. The second-order valence-corrected chi connectivity index (χ2v) is 23.1. The average molecular weight is 953 g/mol. The molecule has 12 N–H and O–H groups in total. The van der Waals surface area contributed by atoms with E-state index in [1.54, 1.807) is 0 Å². The summed E-state index contributed by atoms with van der Waals surface area (Å²) in [5, 5.41) is 0. The van der Waals surface area contributed by atoms with Crippen LogP contribution >= 0.6 is 47.0 Å². The van der Waals surface area contributed by atoms with E-state index in [0.717, 1.165) is 22.3 Å². The van der Waals surface area contributed by atoms with Crippen LogP contribution in [0, 0.1) is 0 Å². The Morgan fingerprint density at radius 2 is 0.484 bits per heavy atom. The Balaban J connectivity index is 2.09. The van der Waals surface area contributed by atoms with E-state index in [1.165, 1.54) is 47.0 Å². The zero-order chi connectivity index (χ0) is 47.7. The van der Waals surface area contributed by atoms with Crippen LogP contribution in [-0.2, 0) is 21.7 Å². The van der Waals surface area contributed by atoms with E-state index in [-0.39, 0.29) is 23.0 Å². The van der Waals surface area contributed by atoms with E-state index in [2.05, 4.69) is 21.7 Å². The van der Waals surface area contributed by atoms with Crippen LogP contribution in [0.2, 0.25) is 0 Å². The monoisotopic (exact) mass is 952 g/mol. The molecule has 0 fully saturated rings. The molecule has 0 saturated heterocycles. The lowest BCUT2D eigenvalue weighted by atomic mass is 9.87. The fourth-order valence-electron chi connectivity index (χ4n) is 6.01. The maximum atomic E-state index is 13.2. The van der Waals surface area contributed by atoms with Crippen molar-refractivity contribution in [1.82, 2.24) is 21.7 Å². The second-order valence-electron chi connectivity index (χ2n) is 18.8. The molecule has 0 spiro atoms. The van der Waals surface area contributed by atoms with Gasteiger partial charge in [-0.05, 0) is 92.4 Å². The van der Waals surface area contributed by atoms with Crippen LogP contribution in [0.15, 0.2) is 87.7 Å². The van der Waals surface area contributed by atoms with Crippen molar-refractivity contribution < 1.29 is 38.1 Å². The summed E-state index contributed by atoms with van der Waals surface area (Å²) < 4.78 is 24.1. The molecule has 0 saturated carbocycles. The first-order chi connectivity index (χ1) is 29.7. The summed E-state index contributed by atoms with van der Waals surface area (Å²) in [7, 11) is 0. The van der Waals surface area contributed by atoms with Gasteiger partial charge in [-0.2, -0.15) is 0 Å². The molecule has 0 atom stereocenters. The molecule has 64 heavy (non-hydrogen) atoms. The van der Waals surface area contributed by atoms with Gasteiger partial charge in [0.2, 0.25) is 0 Å². The van der Waals surface area contributed by atoms with E-state index in [0.29, 0.717) is 39.2 Å². The van der Waals surface area contributed by atoms with E-state index in [4.69, 9.17) is 42.3 Å². The smallest absolute Gasteiger partial charge is 0.407 e. The summed E-state index contributed by atoms with van der Waals surface area (Å²) in [4.78, 5) is 56.3. The van der Waals surface area contributed by atoms with Gasteiger partial charge in [-0.3, -0.25) is 21.7 Å². The number of ether oxygens (including phenoxy) is 4. The molecule has 344 valence electrons. The van der Waals surface area contributed by atoms with Crippen molar-refractivity contribution >= 4 is 71.4 Å². The summed E-state index contributed by atoms with van der Waals surface area (Å²) >= 11 is 4.70. The van der Waals surface area contributed by atoms with Crippen molar-refractivity contribution in [1.29, 1.82) is 0 Å². The van der Waals surface area contributed by atoms with Gasteiger partial charge in [-0.25, -0.2) is 42.5 Å². The van der Waals surface area contributed by atoms with Crippen LogP contribution in [0.5, 0.6) is 23.0 Å². The van der Waals surface area contributed by atoms with Gasteiger partial charge in [0, 0.05) is 0 Å². The molecular weight excluding hydrogens is 897 g/mol. The SMILES string of the molecule is CC(C)(C)c1cc2c(OC(=O)NN)c(c1)Sc1cc(C(C)(C)C)cc(c1OC(=O)NN)Sc1cc(C(C)(C)C)cc(c1OC(=O)NN)Sc1cc(C(C)(C)C)cc(c1OC(=O)NN)S2. The van der Waals surface area contributed by atoms with Crippen LogP contribution < -0.4 is 64.0 Å². The third-order valence-corrected chi connectivity index (χ3v) is 13.9. The number of carbonyl (C=O) groups excluding carboxylic acids is 4. The number of hydrogen-bond acceptors (Lipinski definition) is 16. The summed E-state index contributed by atoms with van der Waals surface area (Å²) in [6, 6.07) is 15.1. The number of carbonyl (C=O) groups is 4. The Kier molecular flexibility index (Phi) is 15.2. The largest absolute Gasteiger partial charge is 0.426 e. The van der Waals surface area contributed by atoms with Gasteiger partial charge in [-0.1, -0.05) is 130 Å². The number of hydrazine groups is 4. The van der Waals surface area contributed by atoms with Gasteiger partial charge in [0.1, 0.15) is 0 Å². The van der Waals surface area contributed by atoms with Gasteiger partial charge in [0.15, 0.2) is 23.0 Å². The fourth-order valence-corrected chi connectivity index (χ4v) is 10.7. The highest BCUT2D eigenvalue weighted by Gasteiger charge is 2.32. The first-order valence-corrected chi connectivity index (χ1v) is 23.1. The molecule has 0 unspecified atom stereocenters. The normalized spacial score (nSPS) is 13.0.